The fourth-order valence-electron chi connectivity index (χ4n) is 1.45. The van der Waals surface area contributed by atoms with Gasteiger partial charge in [-0.2, -0.15) is 5.26 Å². The second-order valence-electron chi connectivity index (χ2n) is 3.46. The second kappa shape index (κ2) is 3.44. The molecule has 0 radical (unpaired) electrons. The van der Waals surface area contributed by atoms with Gasteiger partial charge in [0.15, 0.2) is 0 Å². The van der Waals surface area contributed by atoms with Crippen molar-refractivity contribution in [3.05, 3.63) is 23.9 Å². The van der Waals surface area contributed by atoms with Crippen LogP contribution in [-0.4, -0.2) is 18.0 Å². The summed E-state index contributed by atoms with van der Waals surface area (Å²) in [5.74, 6) is 0.586. The zero-order valence-corrected chi connectivity index (χ0v) is 7.78. The van der Waals surface area contributed by atoms with Crippen LogP contribution in [0.1, 0.15) is 13.8 Å². The Morgan fingerprint density at radius 2 is 2.25 bits per heavy atom. The summed E-state index contributed by atoms with van der Waals surface area (Å²) >= 11 is 0. The first kappa shape index (κ1) is 8.86. The van der Waals surface area contributed by atoms with Crippen molar-refractivity contribution in [2.75, 3.05) is 7.05 Å². The van der Waals surface area contributed by atoms with Gasteiger partial charge in [-0.1, -0.05) is 19.9 Å². The fraction of sp³-hybridized carbons (Fsp3) is 0.500. The quantitative estimate of drug-likeness (QED) is 0.589. The Kier molecular flexibility index (Phi) is 2.54. The lowest BCUT2D eigenvalue weighted by Crippen LogP contribution is -2.32. The predicted molar refractivity (Wildman–Crippen MR) is 49.2 cm³/mol. The minimum Gasteiger partial charge on any atom is -0.373 e. The van der Waals surface area contributed by atoms with Gasteiger partial charge in [-0.05, 0) is 12.0 Å². The van der Waals surface area contributed by atoms with Gasteiger partial charge in [-0.3, -0.25) is 0 Å². The van der Waals surface area contributed by atoms with Gasteiger partial charge in [0, 0.05) is 19.3 Å². The average Bonchev–Trinajstić information content (AvgIpc) is 2.03. The molecule has 1 aliphatic rings. The molecule has 0 N–H and O–H groups in total. The van der Waals surface area contributed by atoms with E-state index in [1.807, 2.05) is 19.3 Å². The van der Waals surface area contributed by atoms with Crippen molar-refractivity contribution in [2.45, 2.75) is 19.9 Å². The van der Waals surface area contributed by atoms with E-state index in [0.717, 1.165) is 5.57 Å². The van der Waals surface area contributed by atoms with E-state index in [1.165, 1.54) is 0 Å². The molecule has 0 saturated carbocycles. The molecule has 1 unspecified atom stereocenters. The summed E-state index contributed by atoms with van der Waals surface area (Å²) in [7, 11) is 2.01. The fourth-order valence-corrected chi connectivity index (χ4v) is 1.45. The van der Waals surface area contributed by atoms with E-state index < -0.39 is 0 Å². The number of hydrogen-bond acceptors (Lipinski definition) is 2. The van der Waals surface area contributed by atoms with Crippen molar-refractivity contribution >= 4 is 0 Å². The van der Waals surface area contributed by atoms with Crippen molar-refractivity contribution in [3.8, 4) is 6.07 Å². The van der Waals surface area contributed by atoms with Crippen molar-refractivity contribution < 1.29 is 0 Å². The molecule has 0 saturated heterocycles. The highest BCUT2D eigenvalue weighted by Crippen LogP contribution is 2.17. The molecule has 1 rings (SSSR count). The molecular weight excluding hydrogens is 148 g/mol. The molecule has 0 spiro atoms. The van der Waals surface area contributed by atoms with Crippen molar-refractivity contribution in [3.63, 3.8) is 0 Å². The van der Waals surface area contributed by atoms with Gasteiger partial charge in [0.2, 0.25) is 0 Å². The topological polar surface area (TPSA) is 27.0 Å². The Labute approximate surface area is 73.8 Å². The standard InChI is InChI=1S/C10H14N2/c1-8(2)10-5-4-9(6-11)7-12(10)3/h4-5,7-8,10H,1-3H3. The van der Waals surface area contributed by atoms with Crippen LogP contribution in [0.15, 0.2) is 23.9 Å². The molecule has 1 atom stereocenters. The third kappa shape index (κ3) is 1.68. The van der Waals surface area contributed by atoms with E-state index in [2.05, 4.69) is 30.9 Å². The van der Waals surface area contributed by atoms with Gasteiger partial charge in [0.25, 0.3) is 0 Å². The van der Waals surface area contributed by atoms with Gasteiger partial charge >= 0.3 is 0 Å². The minimum atomic E-state index is 0.432. The Hall–Kier alpha value is -1.23. The minimum absolute atomic E-state index is 0.432. The summed E-state index contributed by atoms with van der Waals surface area (Å²) in [6.45, 7) is 4.35. The first-order chi connectivity index (χ1) is 5.65. The van der Waals surface area contributed by atoms with E-state index in [-0.39, 0.29) is 0 Å². The van der Waals surface area contributed by atoms with Gasteiger partial charge < -0.3 is 4.90 Å². The number of likely N-dealkylation sites (N-methyl/N-ethyl adjacent to an activating group) is 1. The largest absolute Gasteiger partial charge is 0.373 e. The van der Waals surface area contributed by atoms with E-state index in [1.54, 1.807) is 0 Å². The Morgan fingerprint density at radius 3 is 2.67 bits per heavy atom. The molecule has 0 aliphatic carbocycles. The summed E-state index contributed by atoms with van der Waals surface area (Å²) in [6.07, 6.45) is 5.87. The third-order valence-corrected chi connectivity index (χ3v) is 2.10. The summed E-state index contributed by atoms with van der Waals surface area (Å²) in [4.78, 5) is 2.09. The van der Waals surface area contributed by atoms with Gasteiger partial charge in [-0.25, -0.2) is 0 Å². The second-order valence-corrected chi connectivity index (χ2v) is 3.46. The van der Waals surface area contributed by atoms with Crippen LogP contribution in [0.25, 0.3) is 0 Å². The summed E-state index contributed by atoms with van der Waals surface area (Å²) in [6, 6.07) is 2.56. The molecule has 2 heteroatoms. The Bertz CT molecular complexity index is 256. The van der Waals surface area contributed by atoms with Crippen molar-refractivity contribution in [1.29, 1.82) is 5.26 Å². The lowest BCUT2D eigenvalue weighted by atomic mass is 9.99. The van der Waals surface area contributed by atoms with Crippen LogP contribution in [0.3, 0.4) is 0 Å². The summed E-state index contributed by atoms with van der Waals surface area (Å²) < 4.78 is 0. The van der Waals surface area contributed by atoms with E-state index in [9.17, 15) is 0 Å². The van der Waals surface area contributed by atoms with Crippen LogP contribution in [0.5, 0.6) is 0 Å². The van der Waals surface area contributed by atoms with E-state index in [4.69, 9.17) is 5.26 Å². The van der Waals surface area contributed by atoms with Crippen LogP contribution < -0.4 is 0 Å². The maximum atomic E-state index is 8.64. The molecule has 0 amide bonds. The molecule has 0 aromatic heterocycles. The van der Waals surface area contributed by atoms with Crippen LogP contribution in [0, 0.1) is 17.2 Å². The third-order valence-electron chi connectivity index (χ3n) is 2.10. The number of hydrogen-bond donors (Lipinski definition) is 0. The maximum absolute atomic E-state index is 8.64. The molecule has 1 heterocycles. The molecule has 2 nitrogen and oxygen atoms in total. The highest BCUT2D eigenvalue weighted by atomic mass is 15.1. The number of allylic oxidation sites excluding steroid dienone is 2. The number of nitriles is 1. The summed E-state index contributed by atoms with van der Waals surface area (Å²) in [5, 5.41) is 8.64. The number of rotatable bonds is 1. The predicted octanol–water partition coefficient (Wildman–Crippen LogP) is 1.92. The summed E-state index contributed by atoms with van der Waals surface area (Å²) in [5.41, 5.74) is 0.731. The molecule has 12 heavy (non-hydrogen) atoms. The highest BCUT2D eigenvalue weighted by Gasteiger charge is 2.16. The van der Waals surface area contributed by atoms with Crippen LogP contribution in [0.4, 0.5) is 0 Å². The lowest BCUT2D eigenvalue weighted by Gasteiger charge is -2.29. The zero-order chi connectivity index (χ0) is 9.14. The van der Waals surface area contributed by atoms with Gasteiger partial charge in [-0.15, -0.1) is 0 Å². The van der Waals surface area contributed by atoms with E-state index in [0.29, 0.717) is 12.0 Å². The molecule has 0 bridgehead atoms. The molecule has 64 valence electrons. The van der Waals surface area contributed by atoms with Gasteiger partial charge in [0.05, 0.1) is 5.57 Å². The molecular formula is C10H14N2. The first-order valence-electron chi connectivity index (χ1n) is 4.17. The molecule has 1 aliphatic heterocycles. The first-order valence-corrected chi connectivity index (χ1v) is 4.17. The normalized spacial score (nSPS) is 22.4. The maximum Gasteiger partial charge on any atom is 0.101 e. The highest BCUT2D eigenvalue weighted by molar-refractivity contribution is 5.35. The van der Waals surface area contributed by atoms with Crippen LogP contribution >= 0.6 is 0 Å². The van der Waals surface area contributed by atoms with Crippen molar-refractivity contribution in [2.24, 2.45) is 5.92 Å². The molecule has 0 aromatic carbocycles. The number of nitrogens with zero attached hydrogens (tertiary/aromatic N) is 2. The zero-order valence-electron chi connectivity index (χ0n) is 7.78. The van der Waals surface area contributed by atoms with Gasteiger partial charge in [0.1, 0.15) is 6.07 Å². The SMILES string of the molecule is CC(C)C1C=CC(C#N)=CN1C. The van der Waals surface area contributed by atoms with Crippen LogP contribution in [-0.2, 0) is 0 Å². The Balaban J connectivity index is 2.76. The smallest absolute Gasteiger partial charge is 0.101 e. The molecule has 0 fully saturated rings. The molecule has 0 aromatic rings. The van der Waals surface area contributed by atoms with Crippen LogP contribution in [0.2, 0.25) is 0 Å². The average molecular weight is 162 g/mol. The van der Waals surface area contributed by atoms with E-state index >= 15 is 0 Å². The monoisotopic (exact) mass is 162 g/mol. The lowest BCUT2D eigenvalue weighted by molar-refractivity contribution is 0.306. The Morgan fingerprint density at radius 1 is 1.58 bits per heavy atom. The van der Waals surface area contributed by atoms with Crippen molar-refractivity contribution in [1.82, 2.24) is 4.90 Å².